The molecule has 198 valence electrons. The zero-order valence-corrected chi connectivity index (χ0v) is 23.1. The molecule has 0 saturated heterocycles. The van der Waals surface area contributed by atoms with Gasteiger partial charge in [-0.05, 0) is 50.3 Å². The van der Waals surface area contributed by atoms with Crippen molar-refractivity contribution >= 4 is 27.5 Å². The Kier molecular flexibility index (Phi) is 11.4. The normalized spacial score (nSPS) is 12.1. The van der Waals surface area contributed by atoms with Gasteiger partial charge in [0, 0.05) is 26.1 Å². The van der Waals surface area contributed by atoms with Gasteiger partial charge in [0.05, 0.1) is 11.9 Å². The number of para-hydroxylation sites is 1. The first-order valence-electron chi connectivity index (χ1n) is 12.7. The van der Waals surface area contributed by atoms with Crippen molar-refractivity contribution in [1.82, 2.24) is 10.2 Å². The molecule has 36 heavy (non-hydrogen) atoms. The highest BCUT2D eigenvalue weighted by Gasteiger charge is 2.28. The van der Waals surface area contributed by atoms with Gasteiger partial charge in [-0.3, -0.25) is 13.9 Å². The number of nitrogens with one attached hydrogen (secondary N) is 1. The van der Waals surface area contributed by atoms with Gasteiger partial charge in [-0.1, -0.05) is 68.3 Å². The molecule has 7 nitrogen and oxygen atoms in total. The van der Waals surface area contributed by atoms with Gasteiger partial charge >= 0.3 is 0 Å². The summed E-state index contributed by atoms with van der Waals surface area (Å²) in [6.45, 7) is 8.93. The minimum Gasteiger partial charge on any atom is -0.354 e. The zero-order valence-electron chi connectivity index (χ0n) is 22.3. The predicted molar refractivity (Wildman–Crippen MR) is 146 cm³/mol. The Balaban J connectivity index is 2.21. The lowest BCUT2D eigenvalue weighted by molar-refractivity contribution is -0.141. The third-order valence-corrected chi connectivity index (χ3v) is 7.37. The maximum Gasteiger partial charge on any atom is 0.242 e. The lowest BCUT2D eigenvalue weighted by Gasteiger charge is -2.31. The average molecular weight is 516 g/mol. The van der Waals surface area contributed by atoms with Crippen LogP contribution in [0.4, 0.5) is 5.69 Å². The van der Waals surface area contributed by atoms with Crippen molar-refractivity contribution in [2.75, 3.05) is 23.7 Å². The first kappa shape index (κ1) is 29.4. The number of benzene rings is 2. The number of sulfonamides is 1. The average Bonchev–Trinajstić information content (AvgIpc) is 2.81. The summed E-state index contributed by atoms with van der Waals surface area (Å²) in [4.78, 5) is 28.1. The first-order valence-corrected chi connectivity index (χ1v) is 14.6. The Morgan fingerprint density at radius 3 is 2.33 bits per heavy atom. The summed E-state index contributed by atoms with van der Waals surface area (Å²) >= 11 is 0. The van der Waals surface area contributed by atoms with Crippen molar-refractivity contribution in [2.45, 2.75) is 72.4 Å². The fourth-order valence-electron chi connectivity index (χ4n) is 4.26. The summed E-state index contributed by atoms with van der Waals surface area (Å²) in [5.41, 5.74) is 3.51. The van der Waals surface area contributed by atoms with Gasteiger partial charge in [-0.15, -0.1) is 0 Å². The molecule has 0 saturated carbocycles. The summed E-state index contributed by atoms with van der Waals surface area (Å²) in [6.07, 6.45) is 4.02. The molecule has 0 bridgehead atoms. The largest absolute Gasteiger partial charge is 0.354 e. The number of carbonyl (C=O) groups excluding carboxylic acids is 2. The van der Waals surface area contributed by atoms with Gasteiger partial charge in [0.2, 0.25) is 21.8 Å². The fraction of sp³-hybridized carbons (Fsp3) is 0.500. The molecule has 0 radical (unpaired) electrons. The van der Waals surface area contributed by atoms with E-state index >= 15 is 0 Å². The van der Waals surface area contributed by atoms with E-state index in [-0.39, 0.29) is 24.8 Å². The molecular formula is C28H41N3O4S. The van der Waals surface area contributed by atoms with Crippen molar-refractivity contribution in [3.8, 4) is 0 Å². The Hall–Kier alpha value is -2.87. The second kappa shape index (κ2) is 14.0. The Morgan fingerprint density at radius 1 is 1.00 bits per heavy atom. The maximum absolute atomic E-state index is 13.5. The molecule has 0 aliphatic heterocycles. The number of aryl methyl sites for hydroxylation is 2. The van der Waals surface area contributed by atoms with Crippen LogP contribution in [0.25, 0.3) is 0 Å². The predicted octanol–water partition coefficient (Wildman–Crippen LogP) is 4.57. The van der Waals surface area contributed by atoms with E-state index in [2.05, 4.69) is 12.2 Å². The molecule has 1 N–H and O–H groups in total. The van der Waals surface area contributed by atoms with E-state index in [0.29, 0.717) is 31.6 Å². The third kappa shape index (κ3) is 8.66. The summed E-state index contributed by atoms with van der Waals surface area (Å²) in [5, 5.41) is 2.97. The van der Waals surface area contributed by atoms with Crippen LogP contribution in [0.1, 0.15) is 62.6 Å². The lowest BCUT2D eigenvalue weighted by Crippen LogP contribution is -2.49. The Bertz CT molecular complexity index is 1120. The molecule has 2 amide bonds. The van der Waals surface area contributed by atoms with E-state index in [1.54, 1.807) is 17.0 Å². The van der Waals surface area contributed by atoms with E-state index < -0.39 is 16.1 Å². The monoisotopic (exact) mass is 515 g/mol. The zero-order chi connectivity index (χ0) is 26.7. The van der Waals surface area contributed by atoms with Gasteiger partial charge in [0.25, 0.3) is 0 Å². The molecular weight excluding hydrogens is 474 g/mol. The van der Waals surface area contributed by atoms with E-state index in [4.69, 9.17) is 0 Å². The molecule has 0 spiro atoms. The van der Waals surface area contributed by atoms with Crippen molar-refractivity contribution in [1.29, 1.82) is 0 Å². The number of unbranched alkanes of at least 4 members (excludes halogenated alkanes) is 1. The summed E-state index contributed by atoms with van der Waals surface area (Å²) in [7, 11) is -3.51. The van der Waals surface area contributed by atoms with Crippen LogP contribution in [0.2, 0.25) is 0 Å². The molecule has 2 rings (SSSR count). The van der Waals surface area contributed by atoms with Crippen LogP contribution in [0, 0.1) is 13.8 Å². The molecule has 0 aliphatic carbocycles. The topological polar surface area (TPSA) is 86.8 Å². The van der Waals surface area contributed by atoms with Crippen LogP contribution < -0.4 is 9.62 Å². The van der Waals surface area contributed by atoms with E-state index in [9.17, 15) is 18.0 Å². The molecule has 0 heterocycles. The van der Waals surface area contributed by atoms with Gasteiger partial charge in [0.15, 0.2) is 0 Å². The second-order valence-corrected chi connectivity index (χ2v) is 11.2. The SMILES string of the molecule is CCCCNC(=O)[C@@H](CC)N(Cc1cccc(C)c1)C(=O)CCCN(c1ccccc1C)S(C)(=O)=O. The molecule has 2 aromatic carbocycles. The third-order valence-electron chi connectivity index (χ3n) is 6.19. The van der Waals surface area contributed by atoms with Gasteiger partial charge < -0.3 is 10.2 Å². The van der Waals surface area contributed by atoms with Gasteiger partial charge in [0.1, 0.15) is 6.04 Å². The van der Waals surface area contributed by atoms with Crippen LogP contribution >= 0.6 is 0 Å². The highest BCUT2D eigenvalue weighted by atomic mass is 32.2. The van der Waals surface area contributed by atoms with Crippen molar-refractivity contribution in [2.24, 2.45) is 0 Å². The number of hydrogen-bond donors (Lipinski definition) is 1. The minimum absolute atomic E-state index is 0.141. The van der Waals surface area contributed by atoms with Crippen molar-refractivity contribution in [3.63, 3.8) is 0 Å². The van der Waals surface area contributed by atoms with Crippen LogP contribution in [-0.2, 0) is 26.2 Å². The highest BCUT2D eigenvalue weighted by Crippen LogP contribution is 2.23. The second-order valence-electron chi connectivity index (χ2n) is 9.30. The van der Waals surface area contributed by atoms with Crippen molar-refractivity contribution in [3.05, 3.63) is 65.2 Å². The van der Waals surface area contributed by atoms with Gasteiger partial charge in [-0.2, -0.15) is 0 Å². The molecule has 0 unspecified atom stereocenters. The van der Waals surface area contributed by atoms with E-state index in [1.807, 2.05) is 57.2 Å². The standard InChI is InChI=1S/C28H41N3O4S/c1-6-8-18-29-28(33)25(7-2)30(21-24-15-11-13-22(3)20-24)27(32)17-12-19-31(36(5,34)35)26-16-10-9-14-23(26)4/h9-11,13-16,20,25H,6-8,12,17-19,21H2,1-5H3,(H,29,33)/t25-/m1/s1. The lowest BCUT2D eigenvalue weighted by atomic mass is 10.1. The Labute approximate surface area is 216 Å². The molecule has 0 aliphatic rings. The minimum atomic E-state index is -3.51. The molecule has 8 heteroatoms. The van der Waals surface area contributed by atoms with Crippen LogP contribution in [0.15, 0.2) is 48.5 Å². The fourth-order valence-corrected chi connectivity index (χ4v) is 5.28. The number of amides is 2. The summed E-state index contributed by atoms with van der Waals surface area (Å²) in [5.74, 6) is -0.308. The first-order chi connectivity index (χ1) is 17.1. The van der Waals surface area contributed by atoms with Crippen LogP contribution in [-0.4, -0.2) is 50.5 Å². The maximum atomic E-state index is 13.5. The van der Waals surface area contributed by atoms with Crippen LogP contribution in [0.5, 0.6) is 0 Å². The molecule has 0 aromatic heterocycles. The molecule has 2 aromatic rings. The number of hydrogen-bond acceptors (Lipinski definition) is 4. The van der Waals surface area contributed by atoms with E-state index in [0.717, 1.165) is 29.5 Å². The highest BCUT2D eigenvalue weighted by molar-refractivity contribution is 7.92. The number of nitrogens with zero attached hydrogens (tertiary/aromatic N) is 2. The van der Waals surface area contributed by atoms with Crippen molar-refractivity contribution < 1.29 is 18.0 Å². The quantitative estimate of drug-likeness (QED) is 0.373. The molecule has 1 atom stereocenters. The molecule has 0 fully saturated rings. The smallest absolute Gasteiger partial charge is 0.242 e. The summed E-state index contributed by atoms with van der Waals surface area (Å²) in [6, 6.07) is 14.6. The van der Waals surface area contributed by atoms with E-state index in [1.165, 1.54) is 10.6 Å². The van der Waals surface area contributed by atoms with Crippen LogP contribution in [0.3, 0.4) is 0 Å². The van der Waals surface area contributed by atoms with Gasteiger partial charge in [-0.25, -0.2) is 8.42 Å². The summed E-state index contributed by atoms with van der Waals surface area (Å²) < 4.78 is 26.4. The Morgan fingerprint density at radius 2 is 1.72 bits per heavy atom. The number of rotatable bonds is 14. The number of carbonyl (C=O) groups is 2. The number of anilines is 1.